The summed E-state index contributed by atoms with van der Waals surface area (Å²) >= 11 is 0. The third kappa shape index (κ3) is 3.39. The van der Waals surface area contributed by atoms with E-state index in [2.05, 4.69) is 31.2 Å². The van der Waals surface area contributed by atoms with Crippen LogP contribution in [0.3, 0.4) is 0 Å². The average Bonchev–Trinajstić information content (AvgIpc) is 2.70. The van der Waals surface area contributed by atoms with Gasteiger partial charge in [0.2, 0.25) is 0 Å². The van der Waals surface area contributed by atoms with Crippen molar-refractivity contribution in [2.45, 2.75) is 38.5 Å². The minimum atomic E-state index is -0.958. The second-order valence-corrected chi connectivity index (χ2v) is 7.23. The van der Waals surface area contributed by atoms with Crippen LogP contribution in [-0.2, 0) is 19.3 Å². The lowest BCUT2D eigenvalue weighted by Gasteiger charge is -2.26. The highest BCUT2D eigenvalue weighted by molar-refractivity contribution is 5.66. The van der Waals surface area contributed by atoms with Crippen molar-refractivity contribution < 1.29 is 13.2 Å². The Labute approximate surface area is 157 Å². The second kappa shape index (κ2) is 7.22. The first-order valence-corrected chi connectivity index (χ1v) is 9.41. The van der Waals surface area contributed by atoms with E-state index in [1.165, 1.54) is 17.2 Å². The van der Waals surface area contributed by atoms with Crippen molar-refractivity contribution in [1.82, 2.24) is 0 Å². The minimum Gasteiger partial charge on any atom is -0.206 e. The summed E-state index contributed by atoms with van der Waals surface area (Å²) < 4.78 is 41.8. The van der Waals surface area contributed by atoms with Crippen LogP contribution in [0.2, 0.25) is 0 Å². The van der Waals surface area contributed by atoms with Crippen LogP contribution in [0, 0.1) is 17.5 Å². The lowest BCUT2D eigenvalue weighted by molar-refractivity contribution is 0.508. The molecule has 0 fully saturated rings. The molecule has 1 unspecified atom stereocenters. The number of hydrogen-bond donors (Lipinski definition) is 0. The monoisotopic (exact) mass is 366 g/mol. The van der Waals surface area contributed by atoms with E-state index in [1.54, 1.807) is 6.07 Å². The summed E-state index contributed by atoms with van der Waals surface area (Å²) in [5, 5.41) is 0. The SMILES string of the molecule is CCc1ccc(C2CCc3c(ccc(-c4ccc(F)c(F)c4)c3F)C2)cc1. The molecule has 0 N–H and O–H groups in total. The first-order valence-electron chi connectivity index (χ1n) is 9.41. The summed E-state index contributed by atoms with van der Waals surface area (Å²) in [5.74, 6) is -1.80. The molecule has 0 bridgehead atoms. The van der Waals surface area contributed by atoms with E-state index in [9.17, 15) is 8.78 Å². The second-order valence-electron chi connectivity index (χ2n) is 7.23. The lowest BCUT2D eigenvalue weighted by atomic mass is 9.79. The molecule has 0 saturated heterocycles. The van der Waals surface area contributed by atoms with Crippen LogP contribution in [0.1, 0.15) is 41.5 Å². The number of benzene rings is 3. The highest BCUT2D eigenvalue weighted by atomic mass is 19.2. The van der Waals surface area contributed by atoms with Crippen LogP contribution in [-0.4, -0.2) is 0 Å². The largest absolute Gasteiger partial charge is 0.206 e. The van der Waals surface area contributed by atoms with Crippen LogP contribution in [0.4, 0.5) is 13.2 Å². The van der Waals surface area contributed by atoms with Crippen molar-refractivity contribution in [2.75, 3.05) is 0 Å². The Morgan fingerprint density at radius 1 is 0.889 bits per heavy atom. The number of aryl methyl sites for hydroxylation is 1. The molecule has 138 valence electrons. The molecular weight excluding hydrogens is 345 g/mol. The van der Waals surface area contributed by atoms with Crippen LogP contribution in [0.5, 0.6) is 0 Å². The van der Waals surface area contributed by atoms with Gasteiger partial charge in [0.1, 0.15) is 5.82 Å². The van der Waals surface area contributed by atoms with Crippen LogP contribution in [0.15, 0.2) is 54.6 Å². The average molecular weight is 366 g/mol. The Morgan fingerprint density at radius 3 is 2.37 bits per heavy atom. The Morgan fingerprint density at radius 2 is 1.67 bits per heavy atom. The van der Waals surface area contributed by atoms with Crippen LogP contribution < -0.4 is 0 Å². The maximum atomic E-state index is 15.1. The van der Waals surface area contributed by atoms with Gasteiger partial charge in [0, 0.05) is 5.56 Å². The van der Waals surface area contributed by atoms with Gasteiger partial charge in [0.15, 0.2) is 11.6 Å². The van der Waals surface area contributed by atoms with Gasteiger partial charge in [0.05, 0.1) is 0 Å². The molecule has 1 aliphatic rings. The fourth-order valence-corrected chi connectivity index (χ4v) is 4.01. The molecule has 3 aromatic carbocycles. The van der Waals surface area contributed by atoms with E-state index in [-0.39, 0.29) is 5.82 Å². The molecule has 0 aromatic heterocycles. The van der Waals surface area contributed by atoms with Gasteiger partial charge in [-0.3, -0.25) is 0 Å². The molecular formula is C24H21F3. The molecule has 0 spiro atoms. The third-order valence-corrected chi connectivity index (χ3v) is 5.64. The molecule has 0 nitrogen and oxygen atoms in total. The summed E-state index contributed by atoms with van der Waals surface area (Å²) in [6, 6.07) is 15.8. The topological polar surface area (TPSA) is 0 Å². The number of rotatable bonds is 3. The van der Waals surface area contributed by atoms with Crippen molar-refractivity contribution in [3.63, 3.8) is 0 Å². The molecule has 4 rings (SSSR count). The molecule has 0 heterocycles. The minimum absolute atomic E-state index is 0.307. The van der Waals surface area contributed by atoms with Crippen molar-refractivity contribution in [1.29, 1.82) is 0 Å². The predicted molar refractivity (Wildman–Crippen MR) is 102 cm³/mol. The fourth-order valence-electron chi connectivity index (χ4n) is 4.01. The molecule has 0 radical (unpaired) electrons. The van der Waals surface area contributed by atoms with Gasteiger partial charge < -0.3 is 0 Å². The van der Waals surface area contributed by atoms with Crippen molar-refractivity contribution in [3.05, 3.63) is 94.3 Å². The Hall–Kier alpha value is -2.55. The van der Waals surface area contributed by atoms with Gasteiger partial charge in [0.25, 0.3) is 0 Å². The van der Waals surface area contributed by atoms with E-state index < -0.39 is 11.6 Å². The molecule has 1 atom stereocenters. The Balaban J connectivity index is 1.63. The normalized spacial score (nSPS) is 16.2. The van der Waals surface area contributed by atoms with Gasteiger partial charge in [-0.05, 0) is 71.6 Å². The first kappa shape index (κ1) is 17.8. The maximum Gasteiger partial charge on any atom is 0.159 e. The van der Waals surface area contributed by atoms with Gasteiger partial charge in [-0.2, -0.15) is 0 Å². The predicted octanol–water partition coefficient (Wildman–Crippen LogP) is 6.61. The summed E-state index contributed by atoms with van der Waals surface area (Å²) in [6.45, 7) is 2.14. The molecule has 0 aliphatic heterocycles. The fraction of sp³-hybridized carbons (Fsp3) is 0.250. The summed E-state index contributed by atoms with van der Waals surface area (Å²) in [5.41, 5.74) is 5.03. The third-order valence-electron chi connectivity index (χ3n) is 5.64. The first-order chi connectivity index (χ1) is 13.1. The van der Waals surface area contributed by atoms with E-state index in [1.807, 2.05) is 6.07 Å². The highest BCUT2D eigenvalue weighted by Gasteiger charge is 2.24. The lowest BCUT2D eigenvalue weighted by Crippen LogP contribution is -2.14. The quantitative estimate of drug-likeness (QED) is 0.489. The number of halogens is 3. The molecule has 3 heteroatoms. The van der Waals surface area contributed by atoms with Crippen molar-refractivity contribution in [3.8, 4) is 11.1 Å². The molecule has 27 heavy (non-hydrogen) atoms. The highest BCUT2D eigenvalue weighted by Crippen LogP contribution is 2.37. The van der Waals surface area contributed by atoms with Gasteiger partial charge in [-0.15, -0.1) is 0 Å². The molecule has 0 saturated carbocycles. The standard InChI is InChI=1S/C24H21F3/c1-2-15-3-5-16(6-4-15)17-7-10-20-18(13-17)8-11-21(24(20)27)19-9-12-22(25)23(26)14-19/h3-6,8-9,11-12,14,17H,2,7,10,13H2,1H3. The van der Waals surface area contributed by atoms with Gasteiger partial charge in [-0.25, -0.2) is 13.2 Å². The summed E-state index contributed by atoms with van der Waals surface area (Å²) in [4.78, 5) is 0. The van der Waals surface area contributed by atoms with Crippen molar-refractivity contribution >= 4 is 0 Å². The zero-order valence-corrected chi connectivity index (χ0v) is 15.2. The zero-order valence-electron chi connectivity index (χ0n) is 15.2. The van der Waals surface area contributed by atoms with E-state index in [0.29, 0.717) is 29.0 Å². The van der Waals surface area contributed by atoms with Gasteiger partial charge >= 0.3 is 0 Å². The zero-order chi connectivity index (χ0) is 19.0. The molecule has 1 aliphatic carbocycles. The Bertz CT molecular complexity index is 974. The van der Waals surface area contributed by atoms with Crippen molar-refractivity contribution in [2.24, 2.45) is 0 Å². The van der Waals surface area contributed by atoms with Gasteiger partial charge in [-0.1, -0.05) is 49.4 Å². The Kier molecular flexibility index (Phi) is 4.77. The maximum absolute atomic E-state index is 15.1. The molecule has 3 aromatic rings. The summed E-state index contributed by atoms with van der Waals surface area (Å²) in [7, 11) is 0. The van der Waals surface area contributed by atoms with E-state index in [4.69, 9.17) is 0 Å². The van der Waals surface area contributed by atoms with E-state index in [0.717, 1.165) is 37.0 Å². The molecule has 0 amide bonds. The summed E-state index contributed by atoms with van der Waals surface area (Å²) in [6.07, 6.45) is 3.36. The van der Waals surface area contributed by atoms with E-state index >= 15 is 4.39 Å². The van der Waals surface area contributed by atoms with Crippen LogP contribution in [0.25, 0.3) is 11.1 Å². The number of fused-ring (bicyclic) bond motifs is 1. The smallest absolute Gasteiger partial charge is 0.159 e. The number of hydrogen-bond acceptors (Lipinski definition) is 0. The van der Waals surface area contributed by atoms with Crippen LogP contribution >= 0.6 is 0 Å².